The average molecular weight is 217 g/mol. The Bertz CT molecular complexity index is 436. The summed E-state index contributed by atoms with van der Waals surface area (Å²) < 4.78 is 0. The molecule has 1 aromatic rings. The van der Waals surface area contributed by atoms with Crippen LogP contribution in [0.15, 0.2) is 35.4 Å². The molecule has 0 aromatic heterocycles. The number of amides is 2. The molecule has 0 spiro atoms. The number of nitrogens with one attached hydrogen (secondary N) is 1. The van der Waals surface area contributed by atoms with E-state index in [2.05, 4.69) is 16.6 Å². The van der Waals surface area contributed by atoms with E-state index >= 15 is 0 Å². The second-order valence-corrected chi connectivity index (χ2v) is 3.48. The van der Waals surface area contributed by atoms with Gasteiger partial charge in [0, 0.05) is 0 Å². The Morgan fingerprint density at radius 1 is 1.50 bits per heavy atom. The van der Waals surface area contributed by atoms with Crippen LogP contribution in [0.2, 0.25) is 0 Å². The zero-order chi connectivity index (χ0) is 12.0. The van der Waals surface area contributed by atoms with E-state index in [0.717, 1.165) is 5.56 Å². The van der Waals surface area contributed by atoms with Crippen LogP contribution in [0.5, 0.6) is 0 Å². The monoisotopic (exact) mass is 217 g/mol. The number of carbonyl (C=O) groups is 1. The molecule has 4 nitrogen and oxygen atoms in total. The Labute approximate surface area is 94.8 Å². The lowest BCUT2D eigenvalue weighted by atomic mass is 10.1. The van der Waals surface area contributed by atoms with Gasteiger partial charge in [0.2, 0.25) is 0 Å². The summed E-state index contributed by atoms with van der Waals surface area (Å²) in [4.78, 5) is 10.4. The molecule has 0 heterocycles. The Hall–Kier alpha value is -2.10. The summed E-state index contributed by atoms with van der Waals surface area (Å²) in [6.45, 7) is 3.81. The van der Waals surface area contributed by atoms with Gasteiger partial charge in [-0.25, -0.2) is 10.2 Å². The van der Waals surface area contributed by atoms with E-state index in [1.807, 2.05) is 37.3 Å². The van der Waals surface area contributed by atoms with Crippen LogP contribution in [0.25, 0.3) is 6.08 Å². The number of primary amides is 1. The van der Waals surface area contributed by atoms with Crippen LogP contribution >= 0.6 is 0 Å². The first-order valence-electron chi connectivity index (χ1n) is 4.92. The van der Waals surface area contributed by atoms with Crippen molar-refractivity contribution in [2.24, 2.45) is 10.8 Å². The summed E-state index contributed by atoms with van der Waals surface area (Å²) in [5.74, 6) is 0. The topological polar surface area (TPSA) is 67.5 Å². The van der Waals surface area contributed by atoms with Crippen LogP contribution in [0.1, 0.15) is 18.1 Å². The molecule has 0 atom stereocenters. The van der Waals surface area contributed by atoms with Crippen LogP contribution in [-0.2, 0) is 0 Å². The fourth-order valence-electron chi connectivity index (χ4n) is 1.17. The lowest BCUT2D eigenvalue weighted by Gasteiger charge is -1.96. The molecule has 0 saturated heterocycles. The molecule has 2 amide bonds. The SMILES string of the molecule is CC(C=Cc1cccc(C)c1)=NNC(N)=O. The number of aryl methyl sites for hydroxylation is 1. The van der Waals surface area contributed by atoms with Gasteiger partial charge in [-0.15, -0.1) is 0 Å². The molecule has 4 heteroatoms. The summed E-state index contributed by atoms with van der Waals surface area (Å²) >= 11 is 0. The maximum absolute atomic E-state index is 10.4. The van der Waals surface area contributed by atoms with E-state index in [4.69, 9.17) is 5.73 Å². The molecule has 84 valence electrons. The third-order valence-corrected chi connectivity index (χ3v) is 1.90. The number of urea groups is 1. The molecular formula is C12H15N3O. The maximum Gasteiger partial charge on any atom is 0.332 e. The van der Waals surface area contributed by atoms with E-state index in [1.54, 1.807) is 6.92 Å². The minimum absolute atomic E-state index is 0.664. The Morgan fingerprint density at radius 2 is 2.25 bits per heavy atom. The first kappa shape index (κ1) is 12.0. The molecule has 0 saturated carbocycles. The predicted octanol–water partition coefficient (Wildman–Crippen LogP) is 2.05. The second kappa shape index (κ2) is 5.70. The van der Waals surface area contributed by atoms with E-state index < -0.39 is 6.03 Å². The molecular weight excluding hydrogens is 202 g/mol. The van der Waals surface area contributed by atoms with Crippen LogP contribution in [0.4, 0.5) is 4.79 Å². The van der Waals surface area contributed by atoms with Crippen LogP contribution < -0.4 is 11.2 Å². The maximum atomic E-state index is 10.4. The Kier molecular flexibility index (Phi) is 4.27. The third-order valence-electron chi connectivity index (χ3n) is 1.90. The Morgan fingerprint density at radius 3 is 2.88 bits per heavy atom. The van der Waals surface area contributed by atoms with Crippen molar-refractivity contribution < 1.29 is 4.79 Å². The van der Waals surface area contributed by atoms with E-state index in [0.29, 0.717) is 5.71 Å². The van der Waals surface area contributed by atoms with Crippen molar-refractivity contribution in [3.8, 4) is 0 Å². The minimum atomic E-state index is -0.664. The normalized spacial score (nSPS) is 11.8. The Balaban J connectivity index is 2.66. The largest absolute Gasteiger partial charge is 0.350 e. The van der Waals surface area contributed by atoms with Gasteiger partial charge in [0.15, 0.2) is 0 Å². The summed E-state index contributed by atoms with van der Waals surface area (Å²) in [7, 11) is 0. The number of benzene rings is 1. The molecule has 0 bridgehead atoms. The minimum Gasteiger partial charge on any atom is -0.350 e. The van der Waals surface area contributed by atoms with Gasteiger partial charge < -0.3 is 5.73 Å². The van der Waals surface area contributed by atoms with Gasteiger partial charge in [0.05, 0.1) is 5.71 Å². The summed E-state index contributed by atoms with van der Waals surface area (Å²) in [5.41, 5.74) is 10.0. The number of carbonyl (C=O) groups excluding carboxylic acids is 1. The summed E-state index contributed by atoms with van der Waals surface area (Å²) in [6.07, 6.45) is 3.74. The smallest absolute Gasteiger partial charge is 0.332 e. The van der Waals surface area contributed by atoms with Crippen molar-refractivity contribution in [1.82, 2.24) is 5.43 Å². The molecule has 16 heavy (non-hydrogen) atoms. The summed E-state index contributed by atoms with van der Waals surface area (Å²) in [5, 5.41) is 3.77. The molecule has 0 unspecified atom stereocenters. The molecule has 0 aliphatic heterocycles. The average Bonchev–Trinajstić information content (AvgIpc) is 2.23. The van der Waals surface area contributed by atoms with Crippen LogP contribution in [-0.4, -0.2) is 11.7 Å². The molecule has 0 radical (unpaired) electrons. The predicted molar refractivity (Wildman–Crippen MR) is 66.0 cm³/mol. The number of rotatable bonds is 3. The highest BCUT2D eigenvalue weighted by molar-refractivity contribution is 5.96. The zero-order valence-electron chi connectivity index (χ0n) is 9.40. The van der Waals surface area contributed by atoms with Gasteiger partial charge in [0.25, 0.3) is 0 Å². The molecule has 3 N–H and O–H groups in total. The van der Waals surface area contributed by atoms with Crippen molar-refractivity contribution in [3.63, 3.8) is 0 Å². The van der Waals surface area contributed by atoms with Gasteiger partial charge in [-0.2, -0.15) is 5.10 Å². The zero-order valence-corrected chi connectivity index (χ0v) is 9.40. The number of hydrogen-bond acceptors (Lipinski definition) is 2. The molecule has 1 rings (SSSR count). The van der Waals surface area contributed by atoms with Crippen LogP contribution in [0.3, 0.4) is 0 Å². The van der Waals surface area contributed by atoms with Crippen LogP contribution in [0, 0.1) is 6.92 Å². The number of hydrazone groups is 1. The highest BCUT2D eigenvalue weighted by Gasteiger charge is 1.90. The molecule has 1 aromatic carbocycles. The number of nitrogens with zero attached hydrogens (tertiary/aromatic N) is 1. The first-order chi connectivity index (χ1) is 7.58. The van der Waals surface area contributed by atoms with Crippen molar-refractivity contribution in [1.29, 1.82) is 0 Å². The third kappa shape index (κ3) is 4.41. The first-order valence-corrected chi connectivity index (χ1v) is 4.92. The van der Waals surface area contributed by atoms with Crippen molar-refractivity contribution in [3.05, 3.63) is 41.5 Å². The number of allylic oxidation sites excluding steroid dienone is 1. The second-order valence-electron chi connectivity index (χ2n) is 3.48. The fraction of sp³-hybridized carbons (Fsp3) is 0.167. The lowest BCUT2D eigenvalue weighted by Crippen LogP contribution is -2.25. The quantitative estimate of drug-likeness (QED) is 0.590. The van der Waals surface area contributed by atoms with Gasteiger partial charge >= 0.3 is 6.03 Å². The standard InChI is InChI=1S/C12H15N3O/c1-9-4-3-5-11(8-9)7-6-10(2)14-15-12(13)16/h3-8H,1-2H3,(H3,13,15,16). The van der Waals surface area contributed by atoms with Crippen molar-refractivity contribution >= 4 is 17.8 Å². The van der Waals surface area contributed by atoms with E-state index in [9.17, 15) is 4.79 Å². The fourth-order valence-corrected chi connectivity index (χ4v) is 1.17. The lowest BCUT2D eigenvalue weighted by molar-refractivity contribution is 0.249. The van der Waals surface area contributed by atoms with E-state index in [-0.39, 0.29) is 0 Å². The van der Waals surface area contributed by atoms with E-state index in [1.165, 1.54) is 5.56 Å². The van der Waals surface area contributed by atoms with Gasteiger partial charge in [-0.05, 0) is 25.5 Å². The number of hydrogen-bond donors (Lipinski definition) is 2. The highest BCUT2D eigenvalue weighted by Crippen LogP contribution is 2.05. The molecule has 0 aliphatic carbocycles. The van der Waals surface area contributed by atoms with Crippen molar-refractivity contribution in [2.75, 3.05) is 0 Å². The van der Waals surface area contributed by atoms with Gasteiger partial charge in [-0.1, -0.05) is 35.9 Å². The molecule has 0 aliphatic rings. The molecule has 0 fully saturated rings. The summed E-state index contributed by atoms with van der Waals surface area (Å²) in [6, 6.07) is 7.42. The highest BCUT2D eigenvalue weighted by atomic mass is 16.2. The van der Waals surface area contributed by atoms with Gasteiger partial charge in [-0.3, -0.25) is 0 Å². The number of nitrogens with two attached hydrogens (primary N) is 1. The van der Waals surface area contributed by atoms with Gasteiger partial charge in [0.1, 0.15) is 0 Å². The van der Waals surface area contributed by atoms with Crippen molar-refractivity contribution in [2.45, 2.75) is 13.8 Å².